The molecule has 0 aliphatic heterocycles. The lowest BCUT2D eigenvalue weighted by Gasteiger charge is -2.11. The molecule has 0 fully saturated rings. The van der Waals surface area contributed by atoms with Gasteiger partial charge in [-0.25, -0.2) is 0 Å². The number of alkyl halides is 6. The summed E-state index contributed by atoms with van der Waals surface area (Å²) in [5.41, 5.74) is -2.17. The molecule has 160 valence electrons. The fourth-order valence-corrected chi connectivity index (χ4v) is 4.52. The van der Waals surface area contributed by atoms with Crippen LogP contribution < -0.4 is 8.37 Å². The molecule has 0 atom stereocenters. The van der Waals surface area contributed by atoms with Crippen molar-refractivity contribution < 1.29 is 51.5 Å². The third-order valence-corrected chi connectivity index (χ3v) is 6.30. The first-order chi connectivity index (χ1) is 13.1. The van der Waals surface area contributed by atoms with Crippen molar-refractivity contribution in [2.24, 2.45) is 0 Å². The molecule has 0 unspecified atom stereocenters. The van der Waals surface area contributed by atoms with Gasteiger partial charge in [0, 0.05) is 0 Å². The van der Waals surface area contributed by atoms with E-state index < -0.39 is 60.3 Å². The average molecular weight is 464 g/mol. The van der Waals surface area contributed by atoms with E-state index in [2.05, 4.69) is 8.37 Å². The summed E-state index contributed by atoms with van der Waals surface area (Å²) < 4.78 is 131. The predicted molar refractivity (Wildman–Crippen MR) is 86.9 cm³/mol. The Bertz CT molecular complexity index is 969. The molecule has 2 aromatic rings. The van der Waals surface area contributed by atoms with E-state index in [0.717, 1.165) is 0 Å². The fraction of sp³-hybridized carbons (Fsp3) is 0.200. The monoisotopic (exact) mass is 464 g/mol. The van der Waals surface area contributed by atoms with Crippen molar-refractivity contribution in [2.45, 2.75) is 12.4 Å². The molecular weight excluding hydrogens is 454 g/mol. The van der Waals surface area contributed by atoms with Crippen molar-refractivity contribution in [3.63, 3.8) is 0 Å². The van der Waals surface area contributed by atoms with Gasteiger partial charge >= 0.3 is 32.6 Å². The van der Waals surface area contributed by atoms with Crippen LogP contribution in [0.5, 0.6) is 11.5 Å². The van der Waals surface area contributed by atoms with Crippen LogP contribution in [0.1, 0.15) is 11.1 Å². The summed E-state index contributed by atoms with van der Waals surface area (Å²) in [4.78, 5) is 0. The van der Waals surface area contributed by atoms with Gasteiger partial charge in [-0.2, -0.15) is 43.2 Å². The number of hydrogen-bond acceptors (Lipinski definition) is 6. The van der Waals surface area contributed by atoms with Crippen molar-refractivity contribution in [2.75, 3.05) is 5.08 Å². The molecule has 29 heavy (non-hydrogen) atoms. The zero-order chi connectivity index (χ0) is 22.1. The van der Waals surface area contributed by atoms with Crippen molar-refractivity contribution in [3.8, 4) is 11.5 Å². The molecule has 0 aliphatic carbocycles. The highest BCUT2D eigenvalue weighted by molar-refractivity contribution is 8.04. The van der Waals surface area contributed by atoms with Crippen LogP contribution in [0.3, 0.4) is 0 Å². The van der Waals surface area contributed by atoms with Crippen molar-refractivity contribution in [1.29, 1.82) is 0 Å². The summed E-state index contributed by atoms with van der Waals surface area (Å²) in [6.07, 6.45) is -9.34. The summed E-state index contributed by atoms with van der Waals surface area (Å²) in [6.45, 7) is 0. The van der Waals surface area contributed by atoms with Crippen LogP contribution in [0.25, 0.3) is 0 Å². The molecule has 0 heterocycles. The van der Waals surface area contributed by atoms with Crippen LogP contribution in [0, 0.1) is 0 Å². The summed E-state index contributed by atoms with van der Waals surface area (Å²) >= 11 is 0. The highest BCUT2D eigenvalue weighted by Crippen LogP contribution is 2.31. The summed E-state index contributed by atoms with van der Waals surface area (Å²) in [5.74, 6) is -1.16. The maximum absolute atomic E-state index is 12.5. The lowest BCUT2D eigenvalue weighted by atomic mass is 10.2. The van der Waals surface area contributed by atoms with Gasteiger partial charge in [0.2, 0.25) is 5.08 Å². The maximum atomic E-state index is 12.5. The number of benzene rings is 2. The largest absolute Gasteiger partial charge is 0.416 e. The zero-order valence-electron chi connectivity index (χ0n) is 13.9. The van der Waals surface area contributed by atoms with Gasteiger partial charge in [0.05, 0.1) is 11.1 Å². The Hall–Kier alpha value is -2.48. The van der Waals surface area contributed by atoms with E-state index in [9.17, 15) is 43.2 Å². The van der Waals surface area contributed by atoms with E-state index in [0.29, 0.717) is 48.5 Å². The van der Waals surface area contributed by atoms with Crippen molar-refractivity contribution in [1.82, 2.24) is 0 Å². The minimum atomic E-state index is -4.87. The molecular formula is C15H10F6O6S2. The Balaban J connectivity index is 2.08. The second-order valence-electron chi connectivity index (χ2n) is 5.44. The zero-order valence-corrected chi connectivity index (χ0v) is 15.5. The Morgan fingerprint density at radius 1 is 0.586 bits per heavy atom. The highest BCUT2D eigenvalue weighted by Gasteiger charge is 2.32. The van der Waals surface area contributed by atoms with Gasteiger partial charge in [0.1, 0.15) is 11.5 Å². The normalized spacial score (nSPS) is 13.2. The van der Waals surface area contributed by atoms with Gasteiger partial charge in [0.25, 0.3) is 0 Å². The van der Waals surface area contributed by atoms with E-state index >= 15 is 0 Å². The Labute approximate surface area is 160 Å². The summed E-state index contributed by atoms with van der Waals surface area (Å²) in [6, 6.07) is 4.78. The van der Waals surface area contributed by atoms with Gasteiger partial charge < -0.3 is 8.37 Å². The molecule has 14 heteroatoms. The van der Waals surface area contributed by atoms with Gasteiger partial charge in [-0.1, -0.05) is 0 Å². The molecule has 2 aromatic carbocycles. The van der Waals surface area contributed by atoms with E-state index in [-0.39, 0.29) is 0 Å². The standard InChI is InChI=1S/C15H10F6O6S2/c16-14(17,18)10-1-5-12(6-2-10)26-28(22,23)9-29(24,25)27-13-7-3-11(4-8-13)15(19,20)21/h1-8H,9H2. The molecule has 0 amide bonds. The average Bonchev–Trinajstić information content (AvgIpc) is 2.52. The highest BCUT2D eigenvalue weighted by atomic mass is 32.3. The molecule has 0 aliphatic rings. The maximum Gasteiger partial charge on any atom is 0.416 e. The van der Waals surface area contributed by atoms with E-state index in [1.165, 1.54) is 0 Å². The Morgan fingerprint density at radius 2 is 0.862 bits per heavy atom. The van der Waals surface area contributed by atoms with E-state index in [1.54, 1.807) is 0 Å². The first kappa shape index (κ1) is 22.8. The quantitative estimate of drug-likeness (QED) is 0.478. The smallest absolute Gasteiger partial charge is 0.382 e. The summed E-state index contributed by atoms with van der Waals surface area (Å²) in [7, 11) is -9.73. The molecule has 0 bridgehead atoms. The Morgan fingerprint density at radius 3 is 1.10 bits per heavy atom. The number of hydrogen-bond donors (Lipinski definition) is 0. The topological polar surface area (TPSA) is 86.7 Å². The van der Waals surface area contributed by atoms with E-state index in [4.69, 9.17) is 0 Å². The number of halogens is 6. The fourth-order valence-electron chi connectivity index (χ4n) is 1.92. The van der Waals surface area contributed by atoms with Crippen LogP contribution in [0.4, 0.5) is 26.3 Å². The predicted octanol–water partition coefficient (Wildman–Crippen LogP) is 3.80. The second kappa shape index (κ2) is 7.74. The SMILES string of the molecule is O=S(=O)(CS(=O)(=O)Oc1ccc(C(F)(F)F)cc1)Oc1ccc(C(F)(F)F)cc1. The van der Waals surface area contributed by atoms with Crippen LogP contribution >= 0.6 is 0 Å². The third kappa shape index (κ3) is 6.81. The molecule has 0 saturated carbocycles. The van der Waals surface area contributed by atoms with Gasteiger partial charge in [-0.05, 0) is 48.5 Å². The first-order valence-corrected chi connectivity index (χ1v) is 10.4. The van der Waals surface area contributed by atoms with Crippen LogP contribution in [0.15, 0.2) is 48.5 Å². The molecule has 0 radical (unpaired) electrons. The van der Waals surface area contributed by atoms with Crippen LogP contribution in [-0.2, 0) is 32.6 Å². The molecule has 0 aromatic heterocycles. The number of rotatable bonds is 6. The molecule has 0 N–H and O–H groups in total. The first-order valence-electron chi connectivity index (χ1n) is 7.26. The van der Waals surface area contributed by atoms with Crippen molar-refractivity contribution in [3.05, 3.63) is 59.7 Å². The van der Waals surface area contributed by atoms with Crippen molar-refractivity contribution >= 4 is 20.2 Å². The molecule has 0 spiro atoms. The molecule has 6 nitrogen and oxygen atoms in total. The Kier molecular flexibility index (Phi) is 6.09. The van der Waals surface area contributed by atoms with Crippen LogP contribution in [0.2, 0.25) is 0 Å². The minimum Gasteiger partial charge on any atom is -0.382 e. The third-order valence-electron chi connectivity index (χ3n) is 3.10. The summed E-state index contributed by atoms with van der Waals surface area (Å²) in [5, 5.41) is -1.73. The van der Waals surface area contributed by atoms with E-state index in [1.807, 2.05) is 0 Å². The molecule has 2 rings (SSSR count). The van der Waals surface area contributed by atoms with Gasteiger partial charge in [-0.3, -0.25) is 0 Å². The lowest BCUT2D eigenvalue weighted by molar-refractivity contribution is -0.138. The van der Waals surface area contributed by atoms with Gasteiger partial charge in [-0.15, -0.1) is 0 Å². The van der Waals surface area contributed by atoms with Crippen LogP contribution in [-0.4, -0.2) is 21.9 Å². The lowest BCUT2D eigenvalue weighted by Crippen LogP contribution is -2.24. The minimum absolute atomic E-state index is 0.526. The van der Waals surface area contributed by atoms with Gasteiger partial charge in [0.15, 0.2) is 0 Å². The molecule has 0 saturated heterocycles. The second-order valence-corrected chi connectivity index (χ2v) is 8.95.